The highest BCUT2D eigenvalue weighted by molar-refractivity contribution is 5.93. The third-order valence-electron chi connectivity index (χ3n) is 4.63. The first-order valence-corrected chi connectivity index (χ1v) is 8.34. The highest BCUT2D eigenvalue weighted by Gasteiger charge is 2.27. The summed E-state index contributed by atoms with van der Waals surface area (Å²) >= 11 is 0. The molecule has 0 saturated carbocycles. The maximum atomic E-state index is 12.6. The first kappa shape index (κ1) is 16.3. The van der Waals surface area contributed by atoms with E-state index in [-0.39, 0.29) is 11.9 Å². The molecule has 2 heterocycles. The predicted octanol–water partition coefficient (Wildman–Crippen LogP) is 3.10. The lowest BCUT2D eigenvalue weighted by molar-refractivity contribution is 0.0931. The Kier molecular flexibility index (Phi) is 4.12. The number of benzene rings is 1. The van der Waals surface area contributed by atoms with Crippen molar-refractivity contribution in [2.24, 2.45) is 0 Å². The van der Waals surface area contributed by atoms with Crippen LogP contribution in [0.2, 0.25) is 0 Å². The quantitative estimate of drug-likeness (QED) is 0.736. The third kappa shape index (κ3) is 2.81. The molecule has 134 valence electrons. The molecule has 2 aromatic heterocycles. The highest BCUT2D eigenvalue weighted by Crippen LogP contribution is 2.39. The lowest BCUT2D eigenvalue weighted by Gasteiger charge is -2.15. The monoisotopic (exact) mass is 353 g/mol. The summed E-state index contributed by atoms with van der Waals surface area (Å²) in [5.74, 6) is 1.77. The molecule has 4 rings (SSSR count). The lowest BCUT2D eigenvalue weighted by Crippen LogP contribution is -2.27. The van der Waals surface area contributed by atoms with E-state index in [0.717, 1.165) is 24.0 Å². The fourth-order valence-corrected chi connectivity index (χ4v) is 3.31. The van der Waals surface area contributed by atoms with Crippen molar-refractivity contribution in [1.29, 1.82) is 0 Å². The van der Waals surface area contributed by atoms with E-state index in [1.807, 2.05) is 18.2 Å². The van der Waals surface area contributed by atoms with Gasteiger partial charge >= 0.3 is 0 Å². The molecule has 7 heteroatoms. The average Bonchev–Trinajstić information content (AvgIpc) is 3.40. The number of nitrogens with zero attached hydrogens (tertiary/aromatic N) is 1. The van der Waals surface area contributed by atoms with Crippen molar-refractivity contribution in [3.05, 3.63) is 53.4 Å². The van der Waals surface area contributed by atoms with Crippen LogP contribution >= 0.6 is 0 Å². The number of amides is 1. The number of aromatic amines is 1. The smallest absolute Gasteiger partial charge is 0.272 e. The van der Waals surface area contributed by atoms with E-state index in [9.17, 15) is 4.79 Å². The molecule has 0 aliphatic heterocycles. The second kappa shape index (κ2) is 6.59. The zero-order valence-corrected chi connectivity index (χ0v) is 14.5. The zero-order chi connectivity index (χ0) is 18.1. The van der Waals surface area contributed by atoms with Gasteiger partial charge in [-0.2, -0.15) is 5.10 Å². The van der Waals surface area contributed by atoms with Crippen molar-refractivity contribution in [2.75, 3.05) is 14.2 Å². The molecule has 0 spiro atoms. The summed E-state index contributed by atoms with van der Waals surface area (Å²) in [4.78, 5) is 12.6. The van der Waals surface area contributed by atoms with Gasteiger partial charge in [0.15, 0.2) is 23.0 Å². The molecule has 0 bridgehead atoms. The van der Waals surface area contributed by atoms with Crippen LogP contribution in [0.4, 0.5) is 0 Å². The van der Waals surface area contributed by atoms with Crippen LogP contribution in [0, 0.1) is 0 Å². The minimum Gasteiger partial charge on any atom is -0.493 e. The first-order chi connectivity index (χ1) is 12.7. The number of rotatable bonds is 5. The fourth-order valence-electron chi connectivity index (χ4n) is 3.31. The van der Waals surface area contributed by atoms with Gasteiger partial charge in [-0.25, -0.2) is 0 Å². The van der Waals surface area contributed by atoms with E-state index >= 15 is 0 Å². The molecule has 0 radical (unpaired) electrons. The summed E-state index contributed by atoms with van der Waals surface area (Å²) in [6.45, 7) is 0. The lowest BCUT2D eigenvalue weighted by atomic mass is 10.1. The number of nitrogens with one attached hydrogen (secondary N) is 2. The number of carbonyl (C=O) groups excluding carboxylic acids is 1. The van der Waals surface area contributed by atoms with Crippen LogP contribution in [0.1, 0.15) is 34.1 Å². The van der Waals surface area contributed by atoms with Gasteiger partial charge in [0.05, 0.1) is 26.5 Å². The largest absolute Gasteiger partial charge is 0.493 e. The van der Waals surface area contributed by atoms with Crippen LogP contribution in [0.15, 0.2) is 41.0 Å². The average molecular weight is 353 g/mol. The topological polar surface area (TPSA) is 89.4 Å². The van der Waals surface area contributed by atoms with E-state index in [4.69, 9.17) is 13.9 Å². The Bertz CT molecular complexity index is 930. The van der Waals surface area contributed by atoms with E-state index in [1.54, 1.807) is 32.6 Å². The van der Waals surface area contributed by atoms with Gasteiger partial charge in [0.25, 0.3) is 5.91 Å². The summed E-state index contributed by atoms with van der Waals surface area (Å²) in [6.07, 6.45) is 3.28. The highest BCUT2D eigenvalue weighted by atomic mass is 16.5. The number of fused-ring (bicyclic) bond motifs is 1. The van der Waals surface area contributed by atoms with Gasteiger partial charge in [-0.3, -0.25) is 9.89 Å². The van der Waals surface area contributed by atoms with Gasteiger partial charge < -0.3 is 19.2 Å². The summed E-state index contributed by atoms with van der Waals surface area (Å²) in [5.41, 5.74) is 3.20. The molecule has 1 aliphatic carbocycles. The van der Waals surface area contributed by atoms with Crippen molar-refractivity contribution in [3.8, 4) is 23.0 Å². The summed E-state index contributed by atoms with van der Waals surface area (Å²) in [7, 11) is 3.22. The normalized spacial score (nSPS) is 15.5. The SMILES string of the molecule is COc1cc2c(cc1OC)[C@@H](NC(=O)c1cc(-c3ccco3)[nH]n1)CC2. The van der Waals surface area contributed by atoms with Crippen molar-refractivity contribution in [1.82, 2.24) is 15.5 Å². The van der Waals surface area contributed by atoms with Crippen LogP contribution in [0.25, 0.3) is 11.5 Å². The molecule has 0 saturated heterocycles. The molecule has 3 aromatic rings. The second-order valence-corrected chi connectivity index (χ2v) is 6.11. The number of aromatic nitrogens is 2. The molecule has 1 aliphatic rings. The second-order valence-electron chi connectivity index (χ2n) is 6.11. The van der Waals surface area contributed by atoms with Crippen molar-refractivity contribution >= 4 is 5.91 Å². The third-order valence-corrected chi connectivity index (χ3v) is 4.63. The molecule has 7 nitrogen and oxygen atoms in total. The van der Waals surface area contributed by atoms with E-state index in [0.29, 0.717) is 28.6 Å². The van der Waals surface area contributed by atoms with E-state index in [1.165, 1.54) is 0 Å². The van der Waals surface area contributed by atoms with Crippen molar-refractivity contribution in [2.45, 2.75) is 18.9 Å². The van der Waals surface area contributed by atoms with Crippen molar-refractivity contribution < 1.29 is 18.7 Å². The van der Waals surface area contributed by atoms with Gasteiger partial charge in [-0.1, -0.05) is 0 Å². The fraction of sp³-hybridized carbons (Fsp3) is 0.263. The van der Waals surface area contributed by atoms with E-state index < -0.39 is 0 Å². The number of hydrogen-bond donors (Lipinski definition) is 2. The number of methoxy groups -OCH3 is 2. The molecular weight excluding hydrogens is 334 g/mol. The Morgan fingerprint density at radius 2 is 2.08 bits per heavy atom. The zero-order valence-electron chi connectivity index (χ0n) is 14.5. The Morgan fingerprint density at radius 3 is 2.81 bits per heavy atom. The summed E-state index contributed by atoms with van der Waals surface area (Å²) < 4.78 is 16.0. The molecule has 0 unspecified atom stereocenters. The number of H-pyrrole nitrogens is 1. The molecule has 1 aromatic carbocycles. The number of ether oxygens (including phenoxy) is 2. The first-order valence-electron chi connectivity index (χ1n) is 8.34. The number of carbonyl (C=O) groups is 1. The van der Waals surface area contributed by atoms with Gasteiger partial charge in [0.2, 0.25) is 0 Å². The van der Waals surface area contributed by atoms with Crippen LogP contribution in [0.5, 0.6) is 11.5 Å². The van der Waals surface area contributed by atoms with Crippen molar-refractivity contribution in [3.63, 3.8) is 0 Å². The standard InChI is InChI=1S/C19H19N3O4/c1-24-17-8-11-5-6-13(12(11)9-18(17)25-2)20-19(23)15-10-14(21-22-15)16-4-3-7-26-16/h3-4,7-10,13H,5-6H2,1-2H3,(H,20,23)(H,21,22)/t13-/m0/s1. The molecule has 0 fully saturated rings. The summed E-state index contributed by atoms with van der Waals surface area (Å²) in [6, 6.07) is 9.10. The maximum absolute atomic E-state index is 12.6. The van der Waals surface area contributed by atoms with Gasteiger partial charge in [0, 0.05) is 6.07 Å². The van der Waals surface area contributed by atoms with Crippen LogP contribution in [-0.4, -0.2) is 30.3 Å². The summed E-state index contributed by atoms with van der Waals surface area (Å²) in [5, 5.41) is 9.97. The van der Waals surface area contributed by atoms with Gasteiger partial charge in [-0.05, 0) is 48.2 Å². The predicted molar refractivity (Wildman–Crippen MR) is 94.4 cm³/mol. The molecule has 2 N–H and O–H groups in total. The van der Waals surface area contributed by atoms with Crippen LogP contribution < -0.4 is 14.8 Å². The Morgan fingerprint density at radius 1 is 1.27 bits per heavy atom. The molecule has 1 atom stereocenters. The minimum absolute atomic E-state index is 0.0823. The minimum atomic E-state index is -0.230. The van der Waals surface area contributed by atoms with Crippen LogP contribution in [-0.2, 0) is 6.42 Å². The Labute approximate surface area is 150 Å². The van der Waals surface area contributed by atoms with Gasteiger partial charge in [-0.15, -0.1) is 0 Å². The van der Waals surface area contributed by atoms with E-state index in [2.05, 4.69) is 15.5 Å². The van der Waals surface area contributed by atoms with Crippen LogP contribution in [0.3, 0.4) is 0 Å². The number of aryl methyl sites for hydroxylation is 1. The molecule has 26 heavy (non-hydrogen) atoms. The molecular formula is C19H19N3O4. The Hall–Kier alpha value is -3.22. The Balaban J connectivity index is 1.53. The maximum Gasteiger partial charge on any atom is 0.272 e. The number of hydrogen-bond acceptors (Lipinski definition) is 5. The molecule has 1 amide bonds. The number of furan rings is 1. The van der Waals surface area contributed by atoms with Gasteiger partial charge in [0.1, 0.15) is 5.69 Å².